The number of Topliss-reactive ketones (excluding diaryl/α,β-unsaturated/α-hetero) is 1. The summed E-state index contributed by atoms with van der Waals surface area (Å²) < 4.78 is 13.5. The second-order valence-electron chi connectivity index (χ2n) is 11.3. The van der Waals surface area contributed by atoms with Gasteiger partial charge in [0.05, 0.1) is 12.2 Å². The molecule has 0 radical (unpaired) electrons. The van der Waals surface area contributed by atoms with Crippen molar-refractivity contribution in [3.8, 4) is 0 Å². The Morgan fingerprint density at radius 3 is 1.56 bits per heavy atom. The van der Waals surface area contributed by atoms with Gasteiger partial charge in [-0.25, -0.2) is 0 Å². The molecular formula is C21H44O4Si2. The maximum absolute atomic E-state index is 12.6. The molecule has 1 aliphatic carbocycles. The fourth-order valence-corrected chi connectivity index (χ4v) is 5.88. The molecule has 1 aliphatic rings. The lowest BCUT2D eigenvalue weighted by atomic mass is 9.80. The van der Waals surface area contributed by atoms with Gasteiger partial charge < -0.3 is 14.0 Å². The molecule has 160 valence electrons. The smallest absolute Gasteiger partial charge is 0.192 e. The number of aliphatic hydroxyl groups is 1. The molecule has 0 saturated heterocycles. The zero-order valence-corrected chi connectivity index (χ0v) is 21.4. The first-order valence-electron chi connectivity index (χ1n) is 10.5. The molecule has 0 heterocycles. The van der Waals surface area contributed by atoms with Gasteiger partial charge in [-0.2, -0.15) is 0 Å². The fourth-order valence-electron chi connectivity index (χ4n) is 3.14. The van der Waals surface area contributed by atoms with Crippen LogP contribution in [0.2, 0.25) is 36.3 Å². The molecule has 0 aromatic heterocycles. The number of hydrogen-bond donors (Lipinski definition) is 1. The quantitative estimate of drug-likeness (QED) is 0.555. The summed E-state index contributed by atoms with van der Waals surface area (Å²) in [5, 5.41) is 9.62. The molecule has 4 nitrogen and oxygen atoms in total. The zero-order chi connectivity index (χ0) is 21.3. The van der Waals surface area contributed by atoms with E-state index in [9.17, 15) is 9.90 Å². The van der Waals surface area contributed by atoms with Crippen LogP contribution in [0.5, 0.6) is 0 Å². The number of carbonyl (C=O) groups excluding carboxylic acids is 1. The second-order valence-corrected chi connectivity index (χ2v) is 20.8. The van der Waals surface area contributed by atoms with Crippen LogP contribution in [-0.4, -0.2) is 46.3 Å². The first kappa shape index (κ1) is 25.0. The number of aliphatic hydroxyl groups excluding tert-OH is 1. The second kappa shape index (κ2) is 8.78. The van der Waals surface area contributed by atoms with Gasteiger partial charge in [-0.1, -0.05) is 41.5 Å². The molecule has 0 bridgehead atoms. The van der Waals surface area contributed by atoms with Gasteiger partial charge in [0.2, 0.25) is 0 Å². The minimum Gasteiger partial charge on any atom is -0.413 e. The monoisotopic (exact) mass is 416 g/mol. The highest BCUT2D eigenvalue weighted by atomic mass is 28.4. The third-order valence-corrected chi connectivity index (χ3v) is 16.0. The van der Waals surface area contributed by atoms with Gasteiger partial charge in [-0.15, -0.1) is 0 Å². The van der Waals surface area contributed by atoms with E-state index in [1.54, 1.807) is 0 Å². The number of rotatable bonds is 7. The van der Waals surface area contributed by atoms with Crippen LogP contribution in [0, 0.1) is 5.92 Å². The van der Waals surface area contributed by atoms with E-state index < -0.39 is 16.6 Å². The molecule has 6 heteroatoms. The minimum atomic E-state index is -1.99. The van der Waals surface area contributed by atoms with Crippen molar-refractivity contribution in [1.29, 1.82) is 0 Å². The number of hydrogen-bond acceptors (Lipinski definition) is 4. The Morgan fingerprint density at radius 2 is 1.26 bits per heavy atom. The van der Waals surface area contributed by atoms with Crippen LogP contribution in [-0.2, 0) is 13.6 Å². The predicted molar refractivity (Wildman–Crippen MR) is 118 cm³/mol. The van der Waals surface area contributed by atoms with Gasteiger partial charge >= 0.3 is 0 Å². The molecule has 0 amide bonds. The van der Waals surface area contributed by atoms with Crippen LogP contribution in [0.15, 0.2) is 0 Å². The highest BCUT2D eigenvalue weighted by Crippen LogP contribution is 2.44. The lowest BCUT2D eigenvalue weighted by Crippen LogP contribution is -2.54. The van der Waals surface area contributed by atoms with Crippen molar-refractivity contribution in [3.63, 3.8) is 0 Å². The largest absolute Gasteiger partial charge is 0.413 e. The van der Waals surface area contributed by atoms with Gasteiger partial charge in [0.25, 0.3) is 0 Å². The molecular weight excluding hydrogens is 372 g/mol. The van der Waals surface area contributed by atoms with Crippen LogP contribution in [0.1, 0.15) is 67.2 Å². The van der Waals surface area contributed by atoms with E-state index in [1.165, 1.54) is 0 Å². The summed E-state index contributed by atoms with van der Waals surface area (Å²) in [5.41, 5.74) is 0. The van der Waals surface area contributed by atoms with Crippen LogP contribution in [0.3, 0.4) is 0 Å². The van der Waals surface area contributed by atoms with Crippen molar-refractivity contribution in [2.45, 2.75) is 116 Å². The van der Waals surface area contributed by atoms with E-state index in [4.69, 9.17) is 8.85 Å². The summed E-state index contributed by atoms with van der Waals surface area (Å²) in [7, 11) is -3.97. The van der Waals surface area contributed by atoms with Crippen molar-refractivity contribution < 1.29 is 18.8 Å². The Hall–Kier alpha value is -0.0162. The average Bonchev–Trinajstić information content (AvgIpc) is 2.43. The summed E-state index contributed by atoms with van der Waals surface area (Å²) in [6.07, 6.45) is 2.37. The molecule has 1 rings (SSSR count). The average molecular weight is 417 g/mol. The van der Waals surface area contributed by atoms with Gasteiger partial charge in [0.15, 0.2) is 16.6 Å². The summed E-state index contributed by atoms with van der Waals surface area (Å²) >= 11 is 0. The van der Waals surface area contributed by atoms with Gasteiger partial charge in [0.1, 0.15) is 5.78 Å². The van der Waals surface area contributed by atoms with Crippen LogP contribution in [0.4, 0.5) is 0 Å². The number of carbonyl (C=O) groups is 1. The molecule has 0 aliphatic heterocycles. The highest BCUT2D eigenvalue weighted by molar-refractivity contribution is 6.74. The summed E-state index contributed by atoms with van der Waals surface area (Å²) in [5.74, 6) is 0.431. The SMILES string of the molecule is CC(C)(C)[Si](C)(C)O[C@@H]1CC(=O)C[C@@H](O[Si](C)(C)C(C)(C)C)C1CCCO. The van der Waals surface area contributed by atoms with Crippen molar-refractivity contribution >= 4 is 22.4 Å². The van der Waals surface area contributed by atoms with Crippen molar-refractivity contribution in [2.24, 2.45) is 5.92 Å². The third kappa shape index (κ3) is 6.49. The highest BCUT2D eigenvalue weighted by Gasteiger charge is 2.48. The Morgan fingerprint density at radius 1 is 0.889 bits per heavy atom. The molecule has 1 N–H and O–H groups in total. The molecule has 0 aromatic rings. The van der Waals surface area contributed by atoms with E-state index in [-0.39, 0.29) is 40.6 Å². The van der Waals surface area contributed by atoms with Gasteiger partial charge in [0, 0.05) is 25.4 Å². The normalized spacial score (nSPS) is 23.7. The Bertz CT molecular complexity index is 463. The first-order chi connectivity index (χ1) is 12.0. The maximum atomic E-state index is 12.6. The minimum absolute atomic E-state index is 0.0894. The molecule has 27 heavy (non-hydrogen) atoms. The van der Waals surface area contributed by atoms with Crippen molar-refractivity contribution in [3.05, 3.63) is 0 Å². The molecule has 1 saturated carbocycles. The Balaban J connectivity index is 3.13. The van der Waals surface area contributed by atoms with Crippen LogP contribution < -0.4 is 0 Å². The van der Waals surface area contributed by atoms with E-state index in [0.717, 1.165) is 12.8 Å². The summed E-state index contributed by atoms with van der Waals surface area (Å²) in [4.78, 5) is 12.6. The predicted octanol–water partition coefficient (Wildman–Crippen LogP) is 5.52. The van der Waals surface area contributed by atoms with E-state index >= 15 is 0 Å². The summed E-state index contributed by atoms with van der Waals surface area (Å²) in [6.45, 7) is 22.6. The number of ketones is 1. The third-order valence-electron chi connectivity index (χ3n) is 7.01. The van der Waals surface area contributed by atoms with E-state index in [0.29, 0.717) is 12.8 Å². The van der Waals surface area contributed by atoms with E-state index in [2.05, 4.69) is 67.7 Å². The molecule has 0 spiro atoms. The van der Waals surface area contributed by atoms with Gasteiger partial charge in [-0.3, -0.25) is 4.79 Å². The standard InChI is InChI=1S/C21H44O4Si2/c1-20(2,3)26(7,8)24-18-14-16(23)15-19(17(18)12-11-13-22)25-27(9,10)21(4,5)6/h17-19,22H,11-15H2,1-10H3/t18-,19-/m1/s1. The Labute approximate surface area is 169 Å². The van der Waals surface area contributed by atoms with Crippen LogP contribution >= 0.6 is 0 Å². The topological polar surface area (TPSA) is 55.8 Å². The fraction of sp³-hybridized carbons (Fsp3) is 0.952. The first-order valence-corrected chi connectivity index (χ1v) is 16.3. The summed E-state index contributed by atoms with van der Waals surface area (Å²) in [6, 6.07) is 0. The van der Waals surface area contributed by atoms with Crippen molar-refractivity contribution in [2.75, 3.05) is 6.61 Å². The lowest BCUT2D eigenvalue weighted by molar-refractivity contribution is -0.130. The maximum Gasteiger partial charge on any atom is 0.192 e. The van der Waals surface area contributed by atoms with Crippen molar-refractivity contribution in [1.82, 2.24) is 0 Å². The molecule has 1 fully saturated rings. The molecule has 0 unspecified atom stereocenters. The molecule has 2 atom stereocenters. The van der Waals surface area contributed by atoms with E-state index in [1.807, 2.05) is 0 Å². The van der Waals surface area contributed by atoms with Crippen LogP contribution in [0.25, 0.3) is 0 Å². The molecule has 0 aromatic carbocycles. The zero-order valence-electron chi connectivity index (χ0n) is 19.4. The van der Waals surface area contributed by atoms with Gasteiger partial charge in [-0.05, 0) is 49.1 Å². The lowest BCUT2D eigenvalue weighted by Gasteiger charge is -2.48. The Kier molecular flexibility index (Phi) is 8.13.